The third-order valence-electron chi connectivity index (χ3n) is 3.23. The number of hydrogen-bond acceptors (Lipinski definition) is 5. The number of anilines is 4. The summed E-state index contributed by atoms with van der Waals surface area (Å²) >= 11 is 0. The summed E-state index contributed by atoms with van der Waals surface area (Å²) in [6, 6.07) is 19.5. The molecule has 2 N–H and O–H groups in total. The molecule has 3 aromatic rings. The van der Waals surface area contributed by atoms with Crippen molar-refractivity contribution in [3.63, 3.8) is 0 Å². The highest BCUT2D eigenvalue weighted by molar-refractivity contribution is 5.63. The molecule has 0 bridgehead atoms. The molecule has 0 aliphatic carbocycles. The summed E-state index contributed by atoms with van der Waals surface area (Å²) in [5.74, 6) is 2.96. The maximum atomic E-state index is 5.23. The number of benzene rings is 2. The van der Waals surface area contributed by atoms with Crippen molar-refractivity contribution in [1.29, 1.82) is 0 Å². The lowest BCUT2D eigenvalue weighted by Crippen LogP contribution is -2.01. The van der Waals surface area contributed by atoms with Crippen molar-refractivity contribution in [2.45, 2.75) is 6.92 Å². The van der Waals surface area contributed by atoms with Crippen molar-refractivity contribution < 1.29 is 4.74 Å². The number of hydrogen-bond donors (Lipinski definition) is 2. The second kappa shape index (κ2) is 6.79. The van der Waals surface area contributed by atoms with Gasteiger partial charge in [0.15, 0.2) is 0 Å². The fourth-order valence-corrected chi connectivity index (χ4v) is 2.21. The van der Waals surface area contributed by atoms with Crippen LogP contribution in [0.3, 0.4) is 0 Å². The zero-order chi connectivity index (χ0) is 16.1. The first kappa shape index (κ1) is 14.8. The van der Waals surface area contributed by atoms with Gasteiger partial charge in [-0.1, -0.05) is 24.3 Å². The van der Waals surface area contributed by atoms with Crippen molar-refractivity contribution >= 4 is 23.0 Å². The molecule has 0 fully saturated rings. The quantitative estimate of drug-likeness (QED) is 0.736. The van der Waals surface area contributed by atoms with Crippen molar-refractivity contribution in [2.24, 2.45) is 0 Å². The molecule has 23 heavy (non-hydrogen) atoms. The van der Waals surface area contributed by atoms with E-state index < -0.39 is 0 Å². The average molecular weight is 306 g/mol. The van der Waals surface area contributed by atoms with Crippen LogP contribution in [0.5, 0.6) is 5.75 Å². The Morgan fingerprint density at radius 2 is 1.43 bits per heavy atom. The summed E-state index contributed by atoms with van der Waals surface area (Å²) in [5.41, 5.74) is 1.89. The van der Waals surface area contributed by atoms with Crippen LogP contribution in [0.25, 0.3) is 0 Å². The van der Waals surface area contributed by atoms with Gasteiger partial charge in [-0.25, -0.2) is 9.97 Å². The van der Waals surface area contributed by atoms with E-state index in [0.29, 0.717) is 5.82 Å². The van der Waals surface area contributed by atoms with Gasteiger partial charge in [0.25, 0.3) is 0 Å². The summed E-state index contributed by atoms with van der Waals surface area (Å²) in [7, 11) is 1.65. The van der Waals surface area contributed by atoms with Crippen LogP contribution in [0.4, 0.5) is 23.0 Å². The van der Waals surface area contributed by atoms with Crippen molar-refractivity contribution in [1.82, 2.24) is 9.97 Å². The molecule has 0 aliphatic heterocycles. The van der Waals surface area contributed by atoms with Gasteiger partial charge in [-0.2, -0.15) is 0 Å². The first-order valence-corrected chi connectivity index (χ1v) is 7.32. The highest BCUT2D eigenvalue weighted by Gasteiger charge is 2.04. The number of methoxy groups -OCH3 is 1. The van der Waals surface area contributed by atoms with Gasteiger partial charge in [-0.05, 0) is 31.2 Å². The van der Waals surface area contributed by atoms with Crippen LogP contribution < -0.4 is 15.4 Å². The van der Waals surface area contributed by atoms with Gasteiger partial charge >= 0.3 is 0 Å². The fraction of sp³-hybridized carbons (Fsp3) is 0.111. The van der Waals surface area contributed by atoms with Gasteiger partial charge < -0.3 is 15.4 Å². The number of rotatable bonds is 5. The molecule has 1 aromatic heterocycles. The standard InChI is InChI=1S/C18H18N4O/c1-13-19-17(21-14-7-4-3-5-8-14)12-18(20-13)22-15-9-6-10-16(11-15)23-2/h3-12H,1-2H3,(H2,19,20,21,22). The van der Waals surface area contributed by atoms with Crippen LogP contribution in [0, 0.1) is 6.92 Å². The molecule has 5 nitrogen and oxygen atoms in total. The Hall–Kier alpha value is -3.08. The molecule has 0 saturated carbocycles. The van der Waals surface area contributed by atoms with E-state index in [0.717, 1.165) is 28.8 Å². The predicted octanol–water partition coefficient (Wildman–Crippen LogP) is 4.28. The van der Waals surface area contributed by atoms with Crippen LogP contribution in [-0.4, -0.2) is 17.1 Å². The lowest BCUT2D eigenvalue weighted by molar-refractivity contribution is 0.415. The van der Waals surface area contributed by atoms with E-state index in [2.05, 4.69) is 20.6 Å². The number of nitrogens with one attached hydrogen (secondary N) is 2. The van der Waals surface area contributed by atoms with Crippen molar-refractivity contribution in [2.75, 3.05) is 17.7 Å². The summed E-state index contributed by atoms with van der Waals surface area (Å²) in [4.78, 5) is 8.84. The molecule has 0 spiro atoms. The zero-order valence-electron chi connectivity index (χ0n) is 13.1. The van der Waals surface area contributed by atoms with Gasteiger partial charge in [-0.15, -0.1) is 0 Å². The number of aryl methyl sites for hydroxylation is 1. The molecule has 0 radical (unpaired) electrons. The zero-order valence-corrected chi connectivity index (χ0v) is 13.1. The van der Waals surface area contributed by atoms with Crippen molar-refractivity contribution in [3.8, 4) is 5.75 Å². The van der Waals surface area contributed by atoms with Crippen LogP contribution >= 0.6 is 0 Å². The van der Waals surface area contributed by atoms with E-state index in [1.54, 1.807) is 7.11 Å². The average Bonchev–Trinajstić information content (AvgIpc) is 2.55. The lowest BCUT2D eigenvalue weighted by atomic mass is 10.3. The minimum atomic E-state index is 0.691. The highest BCUT2D eigenvalue weighted by Crippen LogP contribution is 2.22. The van der Waals surface area contributed by atoms with Crippen LogP contribution in [0.2, 0.25) is 0 Å². The number of para-hydroxylation sites is 1. The molecule has 0 amide bonds. The second-order valence-corrected chi connectivity index (χ2v) is 5.03. The SMILES string of the molecule is COc1cccc(Nc2cc(Nc3ccccc3)nc(C)n2)c1. The summed E-state index contributed by atoms with van der Waals surface area (Å²) in [5, 5.41) is 6.55. The normalized spacial score (nSPS) is 10.2. The molecule has 0 atom stereocenters. The molecule has 0 aliphatic rings. The number of ether oxygens (including phenoxy) is 1. The van der Waals surface area contributed by atoms with Crippen LogP contribution in [0.1, 0.15) is 5.82 Å². The molecule has 0 saturated heterocycles. The number of aromatic nitrogens is 2. The molecular weight excluding hydrogens is 288 g/mol. The van der Waals surface area contributed by atoms with E-state index in [4.69, 9.17) is 4.74 Å². The summed E-state index contributed by atoms with van der Waals surface area (Å²) < 4.78 is 5.23. The Morgan fingerprint density at radius 1 is 0.783 bits per heavy atom. The lowest BCUT2D eigenvalue weighted by Gasteiger charge is -2.11. The Morgan fingerprint density at radius 3 is 2.13 bits per heavy atom. The Kier molecular flexibility index (Phi) is 4.38. The van der Waals surface area contributed by atoms with E-state index in [1.807, 2.05) is 67.6 Å². The van der Waals surface area contributed by atoms with E-state index in [9.17, 15) is 0 Å². The fourth-order valence-electron chi connectivity index (χ4n) is 2.21. The van der Waals surface area contributed by atoms with Gasteiger partial charge in [-0.3, -0.25) is 0 Å². The van der Waals surface area contributed by atoms with E-state index in [1.165, 1.54) is 0 Å². The van der Waals surface area contributed by atoms with Crippen LogP contribution in [-0.2, 0) is 0 Å². The van der Waals surface area contributed by atoms with Gasteiger partial charge in [0.2, 0.25) is 0 Å². The minimum Gasteiger partial charge on any atom is -0.497 e. The largest absolute Gasteiger partial charge is 0.497 e. The Labute approximate surface area is 135 Å². The first-order valence-electron chi connectivity index (χ1n) is 7.32. The molecule has 3 rings (SSSR count). The van der Waals surface area contributed by atoms with Crippen molar-refractivity contribution in [3.05, 3.63) is 66.5 Å². The molecular formula is C18H18N4O. The third kappa shape index (κ3) is 3.97. The molecule has 0 unspecified atom stereocenters. The maximum Gasteiger partial charge on any atom is 0.136 e. The topological polar surface area (TPSA) is 59.1 Å². The number of nitrogens with zero attached hydrogens (tertiary/aromatic N) is 2. The van der Waals surface area contributed by atoms with E-state index in [-0.39, 0.29) is 0 Å². The Bertz CT molecular complexity index is 790. The highest BCUT2D eigenvalue weighted by atomic mass is 16.5. The third-order valence-corrected chi connectivity index (χ3v) is 3.23. The second-order valence-electron chi connectivity index (χ2n) is 5.03. The summed E-state index contributed by atoms with van der Waals surface area (Å²) in [6.07, 6.45) is 0. The monoisotopic (exact) mass is 306 g/mol. The van der Waals surface area contributed by atoms with Gasteiger partial charge in [0, 0.05) is 23.5 Å². The molecule has 5 heteroatoms. The molecule has 2 aromatic carbocycles. The molecule has 1 heterocycles. The van der Waals surface area contributed by atoms with Gasteiger partial charge in [0.1, 0.15) is 23.2 Å². The Balaban J connectivity index is 1.82. The van der Waals surface area contributed by atoms with E-state index >= 15 is 0 Å². The van der Waals surface area contributed by atoms with Gasteiger partial charge in [0.05, 0.1) is 7.11 Å². The predicted molar refractivity (Wildman–Crippen MR) is 92.8 cm³/mol. The molecule has 116 valence electrons. The van der Waals surface area contributed by atoms with Crippen LogP contribution in [0.15, 0.2) is 60.7 Å². The smallest absolute Gasteiger partial charge is 0.136 e. The first-order chi connectivity index (χ1) is 11.2. The minimum absolute atomic E-state index is 0.691. The maximum absolute atomic E-state index is 5.23. The summed E-state index contributed by atoms with van der Waals surface area (Å²) in [6.45, 7) is 1.87.